The van der Waals surface area contributed by atoms with Crippen LogP contribution in [-0.4, -0.2) is 5.78 Å². The molecular weight excluding hydrogens is 196 g/mol. The predicted octanol–water partition coefficient (Wildman–Crippen LogP) is 4.48. The molecule has 0 N–H and O–H groups in total. The van der Waals surface area contributed by atoms with Crippen LogP contribution in [0.2, 0.25) is 0 Å². The lowest BCUT2D eigenvalue weighted by atomic mass is 9.89. The van der Waals surface area contributed by atoms with E-state index in [0.29, 0.717) is 11.8 Å². The van der Waals surface area contributed by atoms with Crippen molar-refractivity contribution in [1.82, 2.24) is 0 Å². The number of benzene rings is 1. The van der Waals surface area contributed by atoms with Gasteiger partial charge in [-0.2, -0.15) is 0 Å². The second-order valence-corrected chi connectivity index (χ2v) is 5.56. The summed E-state index contributed by atoms with van der Waals surface area (Å²) < 4.78 is 0. The van der Waals surface area contributed by atoms with Crippen LogP contribution in [0.3, 0.4) is 0 Å². The molecule has 0 amide bonds. The first kappa shape index (κ1) is 13.0. The van der Waals surface area contributed by atoms with E-state index < -0.39 is 0 Å². The minimum atomic E-state index is 0.273. The van der Waals surface area contributed by atoms with Crippen molar-refractivity contribution in [2.75, 3.05) is 0 Å². The van der Waals surface area contributed by atoms with Gasteiger partial charge in [-0.25, -0.2) is 0 Å². The molecule has 0 atom stereocenters. The van der Waals surface area contributed by atoms with Crippen LogP contribution >= 0.6 is 0 Å². The summed E-state index contributed by atoms with van der Waals surface area (Å²) in [4.78, 5) is 11.8. The Morgan fingerprint density at radius 3 is 2.25 bits per heavy atom. The van der Waals surface area contributed by atoms with E-state index in [1.54, 1.807) is 0 Å². The minimum Gasteiger partial charge on any atom is -0.294 e. The fraction of sp³-hybridized carbons (Fsp3) is 0.533. The molecule has 16 heavy (non-hydrogen) atoms. The SMILES string of the molecule is CC(C)(C)CCCCC(=O)c1ccccc1. The molecule has 88 valence electrons. The molecule has 0 bridgehead atoms. The van der Waals surface area contributed by atoms with Gasteiger partial charge in [0.1, 0.15) is 0 Å². The Morgan fingerprint density at radius 1 is 1.06 bits per heavy atom. The van der Waals surface area contributed by atoms with Crippen LogP contribution < -0.4 is 0 Å². The van der Waals surface area contributed by atoms with E-state index in [1.807, 2.05) is 30.3 Å². The molecule has 1 aromatic rings. The monoisotopic (exact) mass is 218 g/mol. The van der Waals surface area contributed by atoms with Gasteiger partial charge in [0.15, 0.2) is 5.78 Å². The van der Waals surface area contributed by atoms with E-state index in [-0.39, 0.29) is 5.78 Å². The number of carbonyl (C=O) groups excluding carboxylic acids is 1. The molecule has 0 radical (unpaired) electrons. The van der Waals surface area contributed by atoms with Crippen LogP contribution in [0, 0.1) is 5.41 Å². The van der Waals surface area contributed by atoms with Crippen molar-refractivity contribution in [2.45, 2.75) is 46.5 Å². The van der Waals surface area contributed by atoms with Gasteiger partial charge in [0.05, 0.1) is 0 Å². The molecular formula is C15H22O. The Labute approximate surface area is 98.9 Å². The van der Waals surface area contributed by atoms with Crippen molar-refractivity contribution in [3.63, 3.8) is 0 Å². The molecule has 0 aliphatic carbocycles. The van der Waals surface area contributed by atoms with E-state index in [2.05, 4.69) is 20.8 Å². The Hall–Kier alpha value is -1.11. The first-order chi connectivity index (χ1) is 7.49. The maximum absolute atomic E-state index is 11.8. The van der Waals surface area contributed by atoms with Crippen LogP contribution in [0.1, 0.15) is 56.8 Å². The van der Waals surface area contributed by atoms with Gasteiger partial charge < -0.3 is 0 Å². The third-order valence-electron chi connectivity index (χ3n) is 2.68. The molecule has 0 fully saturated rings. The minimum absolute atomic E-state index is 0.273. The molecule has 0 saturated carbocycles. The van der Waals surface area contributed by atoms with Crippen LogP contribution in [-0.2, 0) is 0 Å². The highest BCUT2D eigenvalue weighted by atomic mass is 16.1. The number of hydrogen-bond donors (Lipinski definition) is 0. The third kappa shape index (κ3) is 5.11. The van der Waals surface area contributed by atoms with E-state index >= 15 is 0 Å². The second-order valence-electron chi connectivity index (χ2n) is 5.56. The van der Waals surface area contributed by atoms with Gasteiger partial charge in [-0.1, -0.05) is 57.5 Å². The lowest BCUT2D eigenvalue weighted by molar-refractivity contribution is 0.0978. The molecule has 0 unspecified atom stereocenters. The summed E-state index contributed by atoms with van der Waals surface area (Å²) in [7, 11) is 0. The third-order valence-corrected chi connectivity index (χ3v) is 2.68. The quantitative estimate of drug-likeness (QED) is 0.526. The van der Waals surface area contributed by atoms with Crippen molar-refractivity contribution in [3.8, 4) is 0 Å². The summed E-state index contributed by atoms with van der Waals surface area (Å²) in [5, 5.41) is 0. The Kier molecular flexibility index (Phi) is 4.72. The molecule has 1 rings (SSSR count). The van der Waals surface area contributed by atoms with Crippen LogP contribution in [0.15, 0.2) is 30.3 Å². The van der Waals surface area contributed by atoms with Crippen molar-refractivity contribution >= 4 is 5.78 Å². The number of rotatable bonds is 5. The summed E-state index contributed by atoms with van der Waals surface area (Å²) in [6, 6.07) is 9.57. The molecule has 1 heteroatoms. The first-order valence-electron chi connectivity index (χ1n) is 6.07. The van der Waals surface area contributed by atoms with Crippen molar-refractivity contribution in [3.05, 3.63) is 35.9 Å². The summed E-state index contributed by atoms with van der Waals surface area (Å²) in [5.74, 6) is 0.273. The maximum Gasteiger partial charge on any atom is 0.162 e. The van der Waals surface area contributed by atoms with E-state index in [0.717, 1.165) is 18.4 Å². The number of ketones is 1. The van der Waals surface area contributed by atoms with Gasteiger partial charge in [-0.3, -0.25) is 4.79 Å². The fourth-order valence-corrected chi connectivity index (χ4v) is 1.71. The first-order valence-corrected chi connectivity index (χ1v) is 6.07. The zero-order chi connectivity index (χ0) is 12.0. The van der Waals surface area contributed by atoms with Gasteiger partial charge in [-0.15, -0.1) is 0 Å². The smallest absolute Gasteiger partial charge is 0.162 e. The maximum atomic E-state index is 11.8. The average Bonchev–Trinajstić information content (AvgIpc) is 2.24. The number of carbonyl (C=O) groups is 1. The highest BCUT2D eigenvalue weighted by Crippen LogP contribution is 2.22. The highest BCUT2D eigenvalue weighted by molar-refractivity contribution is 5.95. The van der Waals surface area contributed by atoms with E-state index in [4.69, 9.17) is 0 Å². The number of unbranched alkanes of at least 4 members (excludes halogenated alkanes) is 1. The predicted molar refractivity (Wildman–Crippen MR) is 68.7 cm³/mol. The van der Waals surface area contributed by atoms with Crippen molar-refractivity contribution in [2.24, 2.45) is 5.41 Å². The zero-order valence-electron chi connectivity index (χ0n) is 10.6. The molecule has 0 heterocycles. The fourth-order valence-electron chi connectivity index (χ4n) is 1.71. The molecule has 0 aliphatic rings. The van der Waals surface area contributed by atoms with E-state index in [9.17, 15) is 4.79 Å². The molecule has 0 saturated heterocycles. The number of hydrogen-bond acceptors (Lipinski definition) is 1. The molecule has 0 spiro atoms. The summed E-state index contributed by atoms with van der Waals surface area (Å²) in [6.45, 7) is 6.73. The lowest BCUT2D eigenvalue weighted by Crippen LogP contribution is -2.05. The van der Waals surface area contributed by atoms with Crippen molar-refractivity contribution < 1.29 is 4.79 Å². The molecule has 1 nitrogen and oxygen atoms in total. The Balaban J connectivity index is 2.27. The second kappa shape index (κ2) is 5.83. The Bertz CT molecular complexity index is 319. The summed E-state index contributed by atoms with van der Waals surface area (Å²) in [6.07, 6.45) is 4.02. The van der Waals surface area contributed by atoms with Gasteiger partial charge >= 0.3 is 0 Å². The molecule has 0 aromatic heterocycles. The van der Waals surface area contributed by atoms with Gasteiger partial charge in [0.25, 0.3) is 0 Å². The summed E-state index contributed by atoms with van der Waals surface area (Å²) >= 11 is 0. The normalized spacial score (nSPS) is 11.4. The van der Waals surface area contributed by atoms with Crippen molar-refractivity contribution in [1.29, 1.82) is 0 Å². The lowest BCUT2D eigenvalue weighted by Gasteiger charge is -2.17. The zero-order valence-corrected chi connectivity index (χ0v) is 10.6. The van der Waals surface area contributed by atoms with Crippen LogP contribution in [0.5, 0.6) is 0 Å². The molecule has 0 aliphatic heterocycles. The van der Waals surface area contributed by atoms with E-state index in [1.165, 1.54) is 6.42 Å². The van der Waals surface area contributed by atoms with Gasteiger partial charge in [-0.05, 0) is 18.3 Å². The standard InChI is InChI=1S/C15H22O/c1-15(2,3)12-8-7-11-14(16)13-9-5-4-6-10-13/h4-6,9-10H,7-8,11-12H2,1-3H3. The Morgan fingerprint density at radius 2 is 1.69 bits per heavy atom. The summed E-state index contributed by atoms with van der Waals surface area (Å²) in [5.41, 5.74) is 1.23. The number of Topliss-reactive ketones (excluding diaryl/α,β-unsaturated/α-hetero) is 1. The van der Waals surface area contributed by atoms with Crippen LogP contribution in [0.25, 0.3) is 0 Å². The van der Waals surface area contributed by atoms with Crippen LogP contribution in [0.4, 0.5) is 0 Å². The molecule has 1 aromatic carbocycles. The average molecular weight is 218 g/mol. The topological polar surface area (TPSA) is 17.1 Å². The van der Waals surface area contributed by atoms with Gasteiger partial charge in [0, 0.05) is 12.0 Å². The largest absolute Gasteiger partial charge is 0.294 e. The van der Waals surface area contributed by atoms with Gasteiger partial charge in [0.2, 0.25) is 0 Å². The highest BCUT2D eigenvalue weighted by Gasteiger charge is 2.10.